The number of nitrogens with zero attached hydrogens (tertiary/aromatic N) is 1. The van der Waals surface area contributed by atoms with Crippen molar-refractivity contribution in [2.45, 2.75) is 45.2 Å². The molecule has 0 saturated carbocycles. The van der Waals surface area contributed by atoms with E-state index in [-0.39, 0.29) is 29.7 Å². The van der Waals surface area contributed by atoms with Crippen LogP contribution in [0.3, 0.4) is 0 Å². The van der Waals surface area contributed by atoms with Gasteiger partial charge in [0.15, 0.2) is 0 Å². The van der Waals surface area contributed by atoms with Crippen molar-refractivity contribution in [3.8, 4) is 0 Å². The molecule has 1 aliphatic heterocycles. The number of hydrogen-bond acceptors (Lipinski definition) is 5. The maximum atomic E-state index is 12.9. The van der Waals surface area contributed by atoms with Crippen molar-refractivity contribution in [2.24, 2.45) is 5.92 Å². The molecule has 1 aliphatic rings. The van der Waals surface area contributed by atoms with Gasteiger partial charge < -0.3 is 15.5 Å². The van der Waals surface area contributed by atoms with Gasteiger partial charge in [-0.15, -0.1) is 22.7 Å². The van der Waals surface area contributed by atoms with Gasteiger partial charge in [0.05, 0.1) is 9.75 Å². The number of amides is 3. The van der Waals surface area contributed by atoms with E-state index >= 15 is 0 Å². The van der Waals surface area contributed by atoms with Gasteiger partial charge in [-0.25, -0.2) is 0 Å². The lowest BCUT2D eigenvalue weighted by Gasteiger charge is -2.36. The molecule has 3 amide bonds. The van der Waals surface area contributed by atoms with Crippen molar-refractivity contribution in [2.75, 3.05) is 13.1 Å². The SMILES string of the molecule is CC[C@@H](C)NC(=O)[C@@H](NC(=O)c1cccs1)C1CCN(C(=O)c2cccs2)CC1. The molecule has 29 heavy (non-hydrogen) atoms. The number of thiophene rings is 2. The van der Waals surface area contributed by atoms with Gasteiger partial charge in [-0.1, -0.05) is 19.1 Å². The zero-order valence-corrected chi connectivity index (χ0v) is 18.4. The zero-order valence-electron chi connectivity index (χ0n) is 16.7. The molecule has 2 atom stereocenters. The second-order valence-corrected chi connectivity index (χ2v) is 9.25. The van der Waals surface area contributed by atoms with Crippen LogP contribution in [0.25, 0.3) is 0 Å². The number of carbonyl (C=O) groups excluding carboxylic acids is 3. The minimum absolute atomic E-state index is 0.00430. The highest BCUT2D eigenvalue weighted by Gasteiger charge is 2.34. The average molecular weight is 434 g/mol. The van der Waals surface area contributed by atoms with Crippen molar-refractivity contribution in [3.63, 3.8) is 0 Å². The highest BCUT2D eigenvalue weighted by atomic mass is 32.1. The number of carbonyl (C=O) groups is 3. The van der Waals surface area contributed by atoms with E-state index in [4.69, 9.17) is 0 Å². The van der Waals surface area contributed by atoms with Crippen LogP contribution in [-0.4, -0.2) is 47.8 Å². The minimum atomic E-state index is -0.599. The predicted octanol–water partition coefficient (Wildman–Crippen LogP) is 3.38. The molecule has 0 spiro atoms. The van der Waals surface area contributed by atoms with Crippen LogP contribution in [-0.2, 0) is 4.79 Å². The van der Waals surface area contributed by atoms with E-state index in [1.165, 1.54) is 22.7 Å². The third-order valence-electron chi connectivity index (χ3n) is 5.35. The minimum Gasteiger partial charge on any atom is -0.352 e. The summed E-state index contributed by atoms with van der Waals surface area (Å²) >= 11 is 2.80. The average Bonchev–Trinajstić information content (AvgIpc) is 3.45. The fourth-order valence-electron chi connectivity index (χ4n) is 3.44. The third-order valence-corrected chi connectivity index (χ3v) is 7.07. The van der Waals surface area contributed by atoms with E-state index in [0.717, 1.165) is 11.3 Å². The van der Waals surface area contributed by atoms with Crippen LogP contribution < -0.4 is 10.6 Å². The first-order valence-corrected chi connectivity index (χ1v) is 11.7. The Morgan fingerprint density at radius 1 is 1.07 bits per heavy atom. The Balaban J connectivity index is 1.66. The van der Waals surface area contributed by atoms with Gasteiger partial charge in [-0.05, 0) is 55.0 Å². The van der Waals surface area contributed by atoms with E-state index in [0.29, 0.717) is 30.8 Å². The second-order valence-electron chi connectivity index (χ2n) is 7.35. The molecule has 8 heteroatoms. The van der Waals surface area contributed by atoms with Crippen molar-refractivity contribution in [1.29, 1.82) is 0 Å². The van der Waals surface area contributed by atoms with E-state index in [1.807, 2.05) is 47.7 Å². The Kier molecular flexibility index (Phi) is 7.44. The Hall–Kier alpha value is -2.19. The number of hydrogen-bond donors (Lipinski definition) is 2. The molecule has 6 nitrogen and oxygen atoms in total. The number of nitrogens with one attached hydrogen (secondary N) is 2. The second kappa shape index (κ2) is 10.0. The first-order valence-electron chi connectivity index (χ1n) is 9.97. The molecule has 0 radical (unpaired) electrons. The van der Waals surface area contributed by atoms with Crippen molar-refractivity contribution < 1.29 is 14.4 Å². The quantitative estimate of drug-likeness (QED) is 0.703. The van der Waals surface area contributed by atoms with Gasteiger partial charge in [-0.3, -0.25) is 14.4 Å². The van der Waals surface area contributed by atoms with E-state index < -0.39 is 6.04 Å². The van der Waals surface area contributed by atoms with Crippen LogP contribution in [0.15, 0.2) is 35.0 Å². The Morgan fingerprint density at radius 2 is 1.69 bits per heavy atom. The lowest BCUT2D eigenvalue weighted by atomic mass is 9.88. The Bertz CT molecular complexity index is 812. The first kappa shape index (κ1) is 21.5. The van der Waals surface area contributed by atoms with E-state index in [9.17, 15) is 14.4 Å². The smallest absolute Gasteiger partial charge is 0.263 e. The molecule has 1 saturated heterocycles. The lowest BCUT2D eigenvalue weighted by molar-refractivity contribution is -0.125. The summed E-state index contributed by atoms with van der Waals surface area (Å²) in [6.45, 7) is 5.14. The summed E-state index contributed by atoms with van der Waals surface area (Å²) in [5, 5.41) is 9.70. The summed E-state index contributed by atoms with van der Waals surface area (Å²) in [6, 6.07) is 6.73. The van der Waals surface area contributed by atoms with Gasteiger partial charge in [0.1, 0.15) is 6.04 Å². The molecule has 0 aliphatic carbocycles. The maximum absolute atomic E-state index is 12.9. The Labute approximate surface area is 179 Å². The topological polar surface area (TPSA) is 78.5 Å². The zero-order chi connectivity index (χ0) is 20.8. The number of likely N-dealkylation sites (tertiary alicyclic amines) is 1. The van der Waals surface area contributed by atoms with Crippen LogP contribution in [0, 0.1) is 5.92 Å². The third kappa shape index (κ3) is 5.45. The van der Waals surface area contributed by atoms with Gasteiger partial charge in [0.2, 0.25) is 5.91 Å². The van der Waals surface area contributed by atoms with E-state index in [2.05, 4.69) is 10.6 Å². The molecule has 1 fully saturated rings. The standard InChI is InChI=1S/C21H27N3O3S2/c1-3-14(2)22-20(26)18(23-19(25)16-6-4-12-28-16)15-8-10-24(11-9-15)21(27)17-7-5-13-29-17/h4-7,12-15,18H,3,8-11H2,1-2H3,(H,22,26)(H,23,25)/t14-,18+/m1/s1. The monoisotopic (exact) mass is 433 g/mol. The summed E-state index contributed by atoms with van der Waals surface area (Å²) in [5.74, 6) is -0.328. The molecule has 2 aromatic heterocycles. The molecule has 0 aromatic carbocycles. The Morgan fingerprint density at radius 3 is 2.24 bits per heavy atom. The predicted molar refractivity (Wildman–Crippen MR) is 116 cm³/mol. The van der Waals surface area contributed by atoms with Crippen LogP contribution in [0.4, 0.5) is 0 Å². The van der Waals surface area contributed by atoms with E-state index in [1.54, 1.807) is 6.07 Å². The molecule has 156 valence electrons. The molecule has 0 unspecified atom stereocenters. The van der Waals surface area contributed by atoms with Gasteiger partial charge in [0, 0.05) is 19.1 Å². The summed E-state index contributed by atoms with van der Waals surface area (Å²) < 4.78 is 0. The first-order chi connectivity index (χ1) is 14.0. The van der Waals surface area contributed by atoms with Crippen molar-refractivity contribution in [3.05, 3.63) is 44.8 Å². The van der Waals surface area contributed by atoms with Crippen LogP contribution in [0.2, 0.25) is 0 Å². The van der Waals surface area contributed by atoms with Gasteiger partial charge in [-0.2, -0.15) is 0 Å². The summed E-state index contributed by atoms with van der Waals surface area (Å²) in [4.78, 5) is 41.3. The van der Waals surface area contributed by atoms with Crippen LogP contribution >= 0.6 is 22.7 Å². The number of piperidine rings is 1. The van der Waals surface area contributed by atoms with Gasteiger partial charge >= 0.3 is 0 Å². The highest BCUT2D eigenvalue weighted by molar-refractivity contribution is 7.12. The fourth-order valence-corrected chi connectivity index (χ4v) is 4.76. The summed E-state index contributed by atoms with van der Waals surface area (Å²) in [6.07, 6.45) is 2.19. The molecule has 2 aromatic rings. The largest absolute Gasteiger partial charge is 0.352 e. The maximum Gasteiger partial charge on any atom is 0.263 e. The lowest BCUT2D eigenvalue weighted by Crippen LogP contribution is -2.55. The van der Waals surface area contributed by atoms with Crippen LogP contribution in [0.1, 0.15) is 52.5 Å². The number of rotatable bonds is 7. The summed E-state index contributed by atoms with van der Waals surface area (Å²) in [7, 11) is 0. The molecular weight excluding hydrogens is 406 g/mol. The molecule has 2 N–H and O–H groups in total. The highest BCUT2D eigenvalue weighted by Crippen LogP contribution is 2.24. The van der Waals surface area contributed by atoms with Crippen molar-refractivity contribution >= 4 is 40.4 Å². The molecular formula is C21H27N3O3S2. The van der Waals surface area contributed by atoms with Crippen molar-refractivity contribution in [1.82, 2.24) is 15.5 Å². The molecule has 0 bridgehead atoms. The van der Waals surface area contributed by atoms with Crippen LogP contribution in [0.5, 0.6) is 0 Å². The van der Waals surface area contributed by atoms with Gasteiger partial charge in [0.25, 0.3) is 11.8 Å². The summed E-state index contributed by atoms with van der Waals surface area (Å²) in [5.41, 5.74) is 0. The fraction of sp³-hybridized carbons (Fsp3) is 0.476. The molecule has 3 heterocycles. The molecule has 3 rings (SSSR count). The normalized spacial score (nSPS) is 16.8.